The standard InChI is InChI=1S/C12H18N2O5/c1-9(13-12(6-15,7-16)8-17)10-2-4-11(5-3-10)14(18)19/h2-5,9,13,15-17H,6-8H2,1H3. The van der Waals surface area contributed by atoms with E-state index in [0.717, 1.165) is 5.56 Å². The molecule has 1 rings (SSSR count). The lowest BCUT2D eigenvalue weighted by molar-refractivity contribution is -0.384. The smallest absolute Gasteiger partial charge is 0.269 e. The molecule has 19 heavy (non-hydrogen) atoms. The van der Waals surface area contributed by atoms with Crippen molar-refractivity contribution in [2.24, 2.45) is 0 Å². The van der Waals surface area contributed by atoms with Gasteiger partial charge in [0.25, 0.3) is 5.69 Å². The van der Waals surface area contributed by atoms with Crippen LogP contribution in [0, 0.1) is 10.1 Å². The third kappa shape index (κ3) is 3.71. The lowest BCUT2D eigenvalue weighted by Crippen LogP contribution is -2.55. The van der Waals surface area contributed by atoms with Crippen molar-refractivity contribution in [2.75, 3.05) is 19.8 Å². The van der Waals surface area contributed by atoms with Gasteiger partial charge in [-0.15, -0.1) is 0 Å². The Bertz CT molecular complexity index is 408. The molecule has 0 radical (unpaired) electrons. The number of nitro groups is 1. The molecular weight excluding hydrogens is 252 g/mol. The first-order valence-corrected chi connectivity index (χ1v) is 5.82. The zero-order chi connectivity index (χ0) is 14.5. The molecule has 4 N–H and O–H groups in total. The maximum Gasteiger partial charge on any atom is 0.269 e. The average molecular weight is 270 g/mol. The fraction of sp³-hybridized carbons (Fsp3) is 0.500. The van der Waals surface area contributed by atoms with Gasteiger partial charge in [-0.3, -0.25) is 15.4 Å². The van der Waals surface area contributed by atoms with Gasteiger partial charge in [0, 0.05) is 18.2 Å². The van der Waals surface area contributed by atoms with Crippen molar-refractivity contribution in [3.63, 3.8) is 0 Å². The molecule has 0 amide bonds. The number of rotatable bonds is 7. The number of nitrogens with one attached hydrogen (secondary N) is 1. The van der Waals surface area contributed by atoms with Crippen LogP contribution in [0.1, 0.15) is 18.5 Å². The van der Waals surface area contributed by atoms with Crippen LogP contribution < -0.4 is 5.32 Å². The van der Waals surface area contributed by atoms with Crippen LogP contribution in [0.3, 0.4) is 0 Å². The second-order valence-corrected chi connectivity index (χ2v) is 4.47. The lowest BCUT2D eigenvalue weighted by atomic mass is 9.99. The molecule has 1 unspecified atom stereocenters. The van der Waals surface area contributed by atoms with Gasteiger partial charge in [0.2, 0.25) is 0 Å². The summed E-state index contributed by atoms with van der Waals surface area (Å²) < 4.78 is 0. The van der Waals surface area contributed by atoms with E-state index in [-0.39, 0.29) is 11.7 Å². The molecule has 1 aromatic rings. The zero-order valence-corrected chi connectivity index (χ0v) is 10.6. The van der Waals surface area contributed by atoms with E-state index >= 15 is 0 Å². The minimum Gasteiger partial charge on any atom is -0.394 e. The van der Waals surface area contributed by atoms with Crippen molar-refractivity contribution >= 4 is 5.69 Å². The zero-order valence-electron chi connectivity index (χ0n) is 10.6. The monoisotopic (exact) mass is 270 g/mol. The molecule has 0 spiro atoms. The number of nitrogens with zero attached hydrogens (tertiary/aromatic N) is 1. The van der Waals surface area contributed by atoms with Crippen LogP contribution in [0.2, 0.25) is 0 Å². The summed E-state index contributed by atoms with van der Waals surface area (Å²) in [6.07, 6.45) is 0. The van der Waals surface area contributed by atoms with Gasteiger partial charge in [-0.2, -0.15) is 0 Å². The van der Waals surface area contributed by atoms with E-state index in [4.69, 9.17) is 0 Å². The molecule has 0 aromatic heterocycles. The van der Waals surface area contributed by atoms with Crippen LogP contribution in [0.4, 0.5) is 5.69 Å². The van der Waals surface area contributed by atoms with Gasteiger partial charge in [-0.25, -0.2) is 0 Å². The highest BCUT2D eigenvalue weighted by molar-refractivity contribution is 5.34. The van der Waals surface area contributed by atoms with Gasteiger partial charge in [0.05, 0.1) is 30.3 Å². The van der Waals surface area contributed by atoms with Crippen LogP contribution in [0.25, 0.3) is 0 Å². The molecule has 7 heteroatoms. The molecule has 1 atom stereocenters. The Morgan fingerprint density at radius 2 is 1.68 bits per heavy atom. The summed E-state index contributed by atoms with van der Waals surface area (Å²) in [5, 5.41) is 41.1. The van der Waals surface area contributed by atoms with Gasteiger partial charge in [-0.05, 0) is 12.5 Å². The third-order valence-electron chi connectivity index (χ3n) is 3.03. The Morgan fingerprint density at radius 1 is 1.21 bits per heavy atom. The van der Waals surface area contributed by atoms with Gasteiger partial charge < -0.3 is 15.3 Å². The Hall–Kier alpha value is -1.54. The predicted octanol–water partition coefficient (Wildman–Crippen LogP) is -0.0389. The van der Waals surface area contributed by atoms with Gasteiger partial charge in [0.15, 0.2) is 0 Å². The topological polar surface area (TPSA) is 116 Å². The van der Waals surface area contributed by atoms with Gasteiger partial charge >= 0.3 is 0 Å². The van der Waals surface area contributed by atoms with Crippen LogP contribution in [-0.4, -0.2) is 45.6 Å². The van der Waals surface area contributed by atoms with Gasteiger partial charge in [-0.1, -0.05) is 12.1 Å². The first-order chi connectivity index (χ1) is 8.98. The Kier molecular flexibility index (Phi) is 5.37. The summed E-state index contributed by atoms with van der Waals surface area (Å²) >= 11 is 0. The van der Waals surface area contributed by atoms with E-state index in [9.17, 15) is 25.4 Å². The number of aliphatic hydroxyl groups is 3. The summed E-state index contributed by atoms with van der Waals surface area (Å²) in [6, 6.07) is 5.66. The molecule has 0 heterocycles. The average Bonchev–Trinajstić information content (AvgIpc) is 2.45. The lowest BCUT2D eigenvalue weighted by Gasteiger charge is -2.32. The van der Waals surface area contributed by atoms with E-state index in [1.807, 2.05) is 0 Å². The molecule has 0 bridgehead atoms. The molecule has 1 aromatic carbocycles. The summed E-state index contributed by atoms with van der Waals surface area (Å²) in [7, 11) is 0. The largest absolute Gasteiger partial charge is 0.394 e. The highest BCUT2D eigenvalue weighted by Gasteiger charge is 2.29. The van der Waals surface area contributed by atoms with E-state index in [1.165, 1.54) is 12.1 Å². The number of nitro benzene ring substituents is 1. The van der Waals surface area contributed by atoms with Crippen molar-refractivity contribution in [1.82, 2.24) is 5.32 Å². The summed E-state index contributed by atoms with van der Waals surface area (Å²) in [5.74, 6) is 0. The first kappa shape index (κ1) is 15.5. The molecule has 0 aliphatic carbocycles. The minimum atomic E-state index is -1.18. The van der Waals surface area contributed by atoms with Crippen molar-refractivity contribution in [3.8, 4) is 0 Å². The van der Waals surface area contributed by atoms with E-state index in [2.05, 4.69) is 5.32 Å². The van der Waals surface area contributed by atoms with E-state index in [1.54, 1.807) is 19.1 Å². The van der Waals surface area contributed by atoms with Crippen LogP contribution >= 0.6 is 0 Å². The Morgan fingerprint density at radius 3 is 2.05 bits per heavy atom. The Labute approximate surface area is 110 Å². The maximum atomic E-state index is 10.5. The normalized spacial score (nSPS) is 13.3. The fourth-order valence-corrected chi connectivity index (χ4v) is 1.71. The van der Waals surface area contributed by atoms with Crippen LogP contribution in [-0.2, 0) is 0 Å². The molecular formula is C12H18N2O5. The van der Waals surface area contributed by atoms with Crippen molar-refractivity contribution in [3.05, 3.63) is 39.9 Å². The van der Waals surface area contributed by atoms with E-state index < -0.39 is 30.3 Å². The van der Waals surface area contributed by atoms with E-state index in [0.29, 0.717) is 0 Å². The molecule has 0 saturated heterocycles. The highest BCUT2D eigenvalue weighted by atomic mass is 16.6. The maximum absolute atomic E-state index is 10.5. The highest BCUT2D eigenvalue weighted by Crippen LogP contribution is 2.19. The summed E-state index contributed by atoms with van der Waals surface area (Å²) in [6.45, 7) is 0.517. The van der Waals surface area contributed by atoms with Crippen molar-refractivity contribution in [1.29, 1.82) is 0 Å². The predicted molar refractivity (Wildman–Crippen MR) is 68.6 cm³/mol. The minimum absolute atomic E-state index is 0.00584. The molecule has 106 valence electrons. The third-order valence-corrected chi connectivity index (χ3v) is 3.03. The number of aliphatic hydroxyl groups excluding tert-OH is 3. The number of non-ortho nitro benzene ring substituents is 1. The first-order valence-electron chi connectivity index (χ1n) is 5.82. The second-order valence-electron chi connectivity index (χ2n) is 4.47. The SMILES string of the molecule is CC(NC(CO)(CO)CO)c1ccc([N+](=O)[O-])cc1. The molecule has 0 aliphatic rings. The quantitative estimate of drug-likeness (QED) is 0.408. The second kappa shape index (κ2) is 6.58. The Balaban J connectivity index is 2.82. The summed E-state index contributed by atoms with van der Waals surface area (Å²) in [5.41, 5.74) is -0.430. The number of hydrogen-bond acceptors (Lipinski definition) is 6. The van der Waals surface area contributed by atoms with Crippen LogP contribution in [0.15, 0.2) is 24.3 Å². The molecule has 0 saturated carbocycles. The fourth-order valence-electron chi connectivity index (χ4n) is 1.71. The molecule has 0 aliphatic heterocycles. The van der Waals surface area contributed by atoms with Crippen LogP contribution in [0.5, 0.6) is 0 Å². The number of benzene rings is 1. The molecule has 0 fully saturated rings. The molecule has 7 nitrogen and oxygen atoms in total. The van der Waals surface area contributed by atoms with Gasteiger partial charge in [0.1, 0.15) is 0 Å². The number of hydrogen-bond donors (Lipinski definition) is 4. The van der Waals surface area contributed by atoms with Crippen molar-refractivity contribution < 1.29 is 20.2 Å². The van der Waals surface area contributed by atoms with Crippen molar-refractivity contribution in [2.45, 2.75) is 18.5 Å². The summed E-state index contributed by atoms with van der Waals surface area (Å²) in [4.78, 5) is 10.1.